The summed E-state index contributed by atoms with van der Waals surface area (Å²) in [4.78, 5) is 34.6. The van der Waals surface area contributed by atoms with Crippen LogP contribution in [0.3, 0.4) is 0 Å². The molecule has 9 heteroatoms. The van der Waals surface area contributed by atoms with Crippen LogP contribution in [0, 0.1) is 0 Å². The van der Waals surface area contributed by atoms with Gasteiger partial charge in [-0.15, -0.1) is 0 Å². The van der Waals surface area contributed by atoms with Crippen LogP contribution in [-0.2, 0) is 0 Å². The summed E-state index contributed by atoms with van der Waals surface area (Å²) in [6.45, 7) is 4.81. The number of thiazole rings is 1. The maximum atomic E-state index is 12.6. The number of benzene rings is 3. The van der Waals surface area contributed by atoms with Crippen molar-refractivity contribution in [3.8, 4) is 11.5 Å². The molecular formula is C29H30N4O4S. The lowest BCUT2D eigenvalue weighted by Gasteiger charge is -2.34. The maximum absolute atomic E-state index is 12.6. The van der Waals surface area contributed by atoms with E-state index in [-0.39, 0.29) is 11.7 Å². The van der Waals surface area contributed by atoms with E-state index in [4.69, 9.17) is 14.5 Å². The summed E-state index contributed by atoms with van der Waals surface area (Å²) >= 11 is 1.62. The minimum absolute atomic E-state index is 0.0548. The van der Waals surface area contributed by atoms with Crippen molar-refractivity contribution in [1.82, 2.24) is 15.2 Å². The van der Waals surface area contributed by atoms with Crippen LogP contribution in [0.5, 0.6) is 11.5 Å². The predicted octanol–water partition coefficient (Wildman–Crippen LogP) is 4.10. The molecule has 8 nitrogen and oxygen atoms in total. The van der Waals surface area contributed by atoms with Crippen LogP contribution in [0.2, 0.25) is 0 Å². The molecule has 1 amide bonds. The molecule has 5 rings (SSSR count). The largest absolute Gasteiger partial charge is 0.495 e. The number of methoxy groups -OCH3 is 2. The number of rotatable bonds is 9. The third kappa shape index (κ3) is 5.49. The Balaban J connectivity index is 1.10. The average Bonchev–Trinajstić information content (AvgIpc) is 3.43. The number of ketones is 1. The topological polar surface area (TPSA) is 84.0 Å². The molecule has 0 atom stereocenters. The average molecular weight is 531 g/mol. The quantitative estimate of drug-likeness (QED) is 0.326. The second-order valence-electron chi connectivity index (χ2n) is 9.00. The second-order valence-corrected chi connectivity index (χ2v) is 9.98. The number of piperazine rings is 1. The SMILES string of the molecule is COc1ccc(OC)c2sc(N3CCN(CCNC(=O)c4ccc(C(=O)c5ccccc5)cc4)CC3)nc12. The first-order chi connectivity index (χ1) is 18.6. The Kier molecular flexibility index (Phi) is 7.86. The van der Waals surface area contributed by atoms with E-state index in [2.05, 4.69) is 15.1 Å². The first kappa shape index (κ1) is 25.7. The molecule has 0 aliphatic carbocycles. The molecule has 3 aromatic carbocycles. The van der Waals surface area contributed by atoms with Gasteiger partial charge in [0, 0.05) is 56.0 Å². The van der Waals surface area contributed by atoms with Crippen molar-refractivity contribution in [2.75, 3.05) is 58.4 Å². The Morgan fingerprint density at radius 1 is 0.842 bits per heavy atom. The highest BCUT2D eigenvalue weighted by Crippen LogP contribution is 2.40. The van der Waals surface area contributed by atoms with Gasteiger partial charge in [0.15, 0.2) is 10.9 Å². The number of ether oxygens (including phenoxy) is 2. The zero-order chi connectivity index (χ0) is 26.5. The number of aromatic nitrogens is 1. The number of fused-ring (bicyclic) bond motifs is 1. The minimum atomic E-state index is -0.139. The van der Waals surface area contributed by atoms with Crippen LogP contribution in [0.4, 0.5) is 5.13 Å². The van der Waals surface area contributed by atoms with Gasteiger partial charge in [-0.2, -0.15) is 0 Å². The van der Waals surface area contributed by atoms with E-state index in [1.54, 1.807) is 62.0 Å². The van der Waals surface area contributed by atoms with Gasteiger partial charge < -0.3 is 19.7 Å². The molecule has 0 radical (unpaired) electrons. The van der Waals surface area contributed by atoms with Crippen LogP contribution < -0.4 is 19.7 Å². The number of amides is 1. The number of hydrogen-bond acceptors (Lipinski definition) is 8. The molecule has 0 saturated carbocycles. The lowest BCUT2D eigenvalue weighted by molar-refractivity contribution is 0.0946. The molecular weight excluding hydrogens is 500 g/mol. The standard InChI is InChI=1S/C29H30N4O4S/c1-36-23-12-13-24(37-2)27-25(23)31-29(38-27)33-18-16-32(17-19-33)15-14-30-28(35)22-10-8-21(9-11-22)26(34)20-6-4-3-5-7-20/h3-13H,14-19H2,1-2H3,(H,30,35). The van der Waals surface area contributed by atoms with Gasteiger partial charge in [-0.3, -0.25) is 14.5 Å². The lowest BCUT2D eigenvalue weighted by Crippen LogP contribution is -2.48. The third-order valence-corrected chi connectivity index (χ3v) is 7.83. The Labute approximate surface area is 225 Å². The summed E-state index contributed by atoms with van der Waals surface area (Å²) in [7, 11) is 3.32. The van der Waals surface area contributed by atoms with Crippen LogP contribution in [0.25, 0.3) is 10.2 Å². The highest BCUT2D eigenvalue weighted by atomic mass is 32.1. The van der Waals surface area contributed by atoms with Gasteiger partial charge in [0.25, 0.3) is 5.91 Å². The van der Waals surface area contributed by atoms with E-state index >= 15 is 0 Å². The molecule has 1 aliphatic rings. The molecule has 0 bridgehead atoms. The molecule has 1 fully saturated rings. The number of carbonyl (C=O) groups excluding carboxylic acids is 2. The molecule has 4 aromatic rings. The van der Waals surface area contributed by atoms with E-state index < -0.39 is 0 Å². The molecule has 0 unspecified atom stereocenters. The fourth-order valence-corrected chi connectivity index (χ4v) is 5.66. The van der Waals surface area contributed by atoms with Gasteiger partial charge in [0.1, 0.15) is 21.7 Å². The number of carbonyl (C=O) groups is 2. The van der Waals surface area contributed by atoms with E-state index in [1.165, 1.54) is 0 Å². The van der Waals surface area contributed by atoms with Crippen molar-refractivity contribution in [3.05, 3.63) is 83.4 Å². The molecule has 1 saturated heterocycles. The fourth-order valence-electron chi connectivity index (χ4n) is 4.53. The van der Waals surface area contributed by atoms with Crippen molar-refractivity contribution in [2.24, 2.45) is 0 Å². The number of nitrogens with zero attached hydrogens (tertiary/aromatic N) is 3. The Hall–Kier alpha value is -3.95. The van der Waals surface area contributed by atoms with Crippen molar-refractivity contribution < 1.29 is 19.1 Å². The van der Waals surface area contributed by atoms with Crippen molar-refractivity contribution in [1.29, 1.82) is 0 Å². The van der Waals surface area contributed by atoms with E-state index in [0.717, 1.165) is 59.6 Å². The van der Waals surface area contributed by atoms with Gasteiger partial charge in [-0.05, 0) is 24.3 Å². The van der Waals surface area contributed by atoms with Gasteiger partial charge in [-0.25, -0.2) is 4.98 Å². The fraction of sp³-hybridized carbons (Fsp3) is 0.276. The van der Waals surface area contributed by atoms with Crippen molar-refractivity contribution in [2.45, 2.75) is 0 Å². The molecule has 2 heterocycles. The maximum Gasteiger partial charge on any atom is 0.251 e. The third-order valence-electron chi connectivity index (χ3n) is 6.70. The molecule has 0 spiro atoms. The Morgan fingerprint density at radius 2 is 1.47 bits per heavy atom. The lowest BCUT2D eigenvalue weighted by atomic mass is 10.0. The minimum Gasteiger partial charge on any atom is -0.495 e. The van der Waals surface area contributed by atoms with E-state index in [0.29, 0.717) is 23.2 Å². The van der Waals surface area contributed by atoms with Crippen molar-refractivity contribution >= 4 is 38.4 Å². The van der Waals surface area contributed by atoms with E-state index in [1.807, 2.05) is 30.3 Å². The molecule has 1 N–H and O–H groups in total. The zero-order valence-electron chi connectivity index (χ0n) is 21.5. The first-order valence-electron chi connectivity index (χ1n) is 12.5. The van der Waals surface area contributed by atoms with Gasteiger partial charge in [0.05, 0.1) is 14.2 Å². The van der Waals surface area contributed by atoms with Gasteiger partial charge in [0.2, 0.25) is 0 Å². The Bertz CT molecular complexity index is 1370. The number of anilines is 1. The first-order valence-corrected chi connectivity index (χ1v) is 13.4. The van der Waals surface area contributed by atoms with Crippen LogP contribution in [-0.4, -0.2) is 75.1 Å². The number of hydrogen-bond donors (Lipinski definition) is 1. The molecule has 1 aliphatic heterocycles. The summed E-state index contributed by atoms with van der Waals surface area (Å²) in [5.41, 5.74) is 2.57. The van der Waals surface area contributed by atoms with Crippen molar-refractivity contribution in [3.63, 3.8) is 0 Å². The van der Waals surface area contributed by atoms with Gasteiger partial charge >= 0.3 is 0 Å². The molecule has 38 heavy (non-hydrogen) atoms. The van der Waals surface area contributed by atoms with Crippen LogP contribution in [0.1, 0.15) is 26.3 Å². The normalized spacial score (nSPS) is 13.9. The second kappa shape index (κ2) is 11.6. The smallest absolute Gasteiger partial charge is 0.251 e. The number of nitrogens with one attached hydrogen (secondary N) is 1. The van der Waals surface area contributed by atoms with E-state index in [9.17, 15) is 9.59 Å². The highest BCUT2D eigenvalue weighted by molar-refractivity contribution is 7.22. The van der Waals surface area contributed by atoms with Crippen LogP contribution >= 0.6 is 11.3 Å². The highest BCUT2D eigenvalue weighted by Gasteiger charge is 2.22. The zero-order valence-corrected chi connectivity index (χ0v) is 22.3. The summed E-state index contributed by atoms with van der Waals surface area (Å²) in [5, 5.41) is 3.96. The molecule has 1 aromatic heterocycles. The summed E-state index contributed by atoms with van der Waals surface area (Å²) < 4.78 is 12.0. The predicted molar refractivity (Wildman–Crippen MR) is 150 cm³/mol. The summed E-state index contributed by atoms with van der Waals surface area (Å²) in [5.74, 6) is 1.35. The Morgan fingerprint density at radius 3 is 2.16 bits per heavy atom. The van der Waals surface area contributed by atoms with Crippen LogP contribution in [0.15, 0.2) is 66.7 Å². The monoisotopic (exact) mass is 530 g/mol. The molecule has 196 valence electrons. The summed E-state index contributed by atoms with van der Waals surface area (Å²) in [6.07, 6.45) is 0. The summed E-state index contributed by atoms with van der Waals surface area (Å²) in [6, 6.07) is 19.7. The van der Waals surface area contributed by atoms with Gasteiger partial charge in [-0.1, -0.05) is 53.8 Å².